The van der Waals surface area contributed by atoms with Gasteiger partial charge in [-0.05, 0) is 115 Å². The zero-order valence-electron chi connectivity index (χ0n) is 25.6. The Hall–Kier alpha value is -6.21. The van der Waals surface area contributed by atoms with E-state index in [-0.39, 0.29) is 17.5 Å². The average Bonchev–Trinajstić information content (AvgIpc) is 3.11. The van der Waals surface area contributed by atoms with Crippen molar-refractivity contribution in [1.82, 2.24) is 19.9 Å². The number of hydrogen-bond donors (Lipinski definition) is 0. The number of rotatable bonds is 5. The molecule has 2 aromatic heterocycles. The molecule has 0 spiro atoms. The third kappa shape index (κ3) is 5.56. The van der Waals surface area contributed by atoms with E-state index in [4.69, 9.17) is 19.9 Å². The van der Waals surface area contributed by atoms with Crippen LogP contribution in [0.5, 0.6) is 0 Å². The van der Waals surface area contributed by atoms with Gasteiger partial charge in [0.2, 0.25) is 0 Å². The molecule has 0 aliphatic carbocycles. The summed E-state index contributed by atoms with van der Waals surface area (Å²) in [5.41, 5.74) is 11.3. The monoisotopic (exact) mass is 630 g/mol. The van der Waals surface area contributed by atoms with Crippen molar-refractivity contribution in [2.45, 2.75) is 6.92 Å². The molecule has 0 fully saturated rings. The molecule has 2 heterocycles. The Morgan fingerprint density at radius 3 is 0.917 bits per heavy atom. The quantitative estimate of drug-likeness (QED) is 0.190. The highest BCUT2D eigenvalue weighted by Gasteiger charge is 2.17. The van der Waals surface area contributed by atoms with Crippen LogP contribution in [-0.4, -0.2) is 19.9 Å². The van der Waals surface area contributed by atoms with Crippen LogP contribution in [0, 0.1) is 24.4 Å². The van der Waals surface area contributed by atoms with E-state index in [1.165, 1.54) is 36.4 Å². The van der Waals surface area contributed by atoms with Gasteiger partial charge in [0.25, 0.3) is 0 Å². The first kappa shape index (κ1) is 29.2. The van der Waals surface area contributed by atoms with Crippen LogP contribution >= 0.6 is 0 Å². The van der Waals surface area contributed by atoms with E-state index in [0.29, 0.717) is 56.0 Å². The normalized spacial score (nSPS) is 11.3. The van der Waals surface area contributed by atoms with E-state index in [2.05, 4.69) is 0 Å². The molecular weight excluding hydrogens is 605 g/mol. The fourth-order valence-electron chi connectivity index (χ4n) is 5.81. The summed E-state index contributed by atoms with van der Waals surface area (Å²) in [6.45, 7) is 2.03. The zero-order chi connectivity index (χ0) is 32.8. The molecule has 8 rings (SSSR count). The molecule has 7 heteroatoms. The van der Waals surface area contributed by atoms with Gasteiger partial charge in [0.1, 0.15) is 17.5 Å². The van der Waals surface area contributed by atoms with E-state index in [0.717, 1.165) is 27.8 Å². The third-order valence-electron chi connectivity index (χ3n) is 8.34. The van der Waals surface area contributed by atoms with Crippen molar-refractivity contribution >= 4 is 22.1 Å². The van der Waals surface area contributed by atoms with E-state index >= 15 is 0 Å². The van der Waals surface area contributed by atoms with Gasteiger partial charge in [0, 0.05) is 22.3 Å². The molecular formula is C41H25F3N4. The highest BCUT2D eigenvalue weighted by Crippen LogP contribution is 2.35. The molecule has 0 aliphatic heterocycles. The molecule has 230 valence electrons. The lowest BCUT2D eigenvalue weighted by Gasteiger charge is -2.13. The maximum atomic E-state index is 13.8. The van der Waals surface area contributed by atoms with Crippen molar-refractivity contribution in [1.29, 1.82) is 0 Å². The summed E-state index contributed by atoms with van der Waals surface area (Å²) in [6, 6.07) is 38.3. The minimum Gasteiger partial charge on any atom is -0.244 e. The first-order chi connectivity index (χ1) is 23.4. The fourth-order valence-corrected chi connectivity index (χ4v) is 5.81. The van der Waals surface area contributed by atoms with Crippen LogP contribution in [-0.2, 0) is 0 Å². The van der Waals surface area contributed by atoms with Gasteiger partial charge in [0.15, 0.2) is 0 Å². The first-order valence-corrected chi connectivity index (χ1v) is 15.4. The Balaban J connectivity index is 1.26. The molecule has 0 bridgehead atoms. The summed E-state index contributed by atoms with van der Waals surface area (Å²) in [7, 11) is 0. The van der Waals surface area contributed by atoms with Crippen molar-refractivity contribution in [3.05, 3.63) is 156 Å². The molecule has 0 amide bonds. The number of aryl methyl sites for hydroxylation is 1. The van der Waals surface area contributed by atoms with E-state index in [1.807, 2.05) is 67.6 Å². The number of benzene rings is 6. The second-order valence-electron chi connectivity index (χ2n) is 11.6. The molecule has 0 atom stereocenters. The van der Waals surface area contributed by atoms with Crippen LogP contribution in [0.4, 0.5) is 13.2 Å². The summed E-state index contributed by atoms with van der Waals surface area (Å²) in [5.74, 6) is -1.02. The summed E-state index contributed by atoms with van der Waals surface area (Å²) < 4.78 is 41.4. The zero-order valence-corrected chi connectivity index (χ0v) is 25.6. The molecule has 0 N–H and O–H groups in total. The van der Waals surface area contributed by atoms with E-state index < -0.39 is 0 Å². The van der Waals surface area contributed by atoms with Crippen LogP contribution in [0.3, 0.4) is 0 Å². The SMILES string of the molecule is Cc1ccc(-c2nc3cc(-c4ccc5nc(-c6ccc(F)cc6)c(-c6ccc(F)cc6)nc5c4)ccc3nc2-c2ccc(F)cc2)cc1. The smallest absolute Gasteiger partial charge is 0.123 e. The lowest BCUT2D eigenvalue weighted by molar-refractivity contribution is 0.627. The van der Waals surface area contributed by atoms with Gasteiger partial charge in [-0.3, -0.25) is 0 Å². The minimum atomic E-state index is -0.354. The van der Waals surface area contributed by atoms with Crippen LogP contribution in [0.15, 0.2) is 133 Å². The number of aromatic nitrogens is 4. The van der Waals surface area contributed by atoms with Crippen LogP contribution in [0.1, 0.15) is 5.56 Å². The maximum absolute atomic E-state index is 13.8. The Morgan fingerprint density at radius 1 is 0.312 bits per heavy atom. The van der Waals surface area contributed by atoms with Gasteiger partial charge in [-0.15, -0.1) is 0 Å². The third-order valence-corrected chi connectivity index (χ3v) is 8.34. The molecule has 48 heavy (non-hydrogen) atoms. The lowest BCUT2D eigenvalue weighted by Crippen LogP contribution is -1.97. The van der Waals surface area contributed by atoms with Gasteiger partial charge in [-0.1, -0.05) is 42.0 Å². The molecule has 0 saturated carbocycles. The lowest BCUT2D eigenvalue weighted by atomic mass is 10.0. The fraction of sp³-hybridized carbons (Fsp3) is 0.0244. The van der Waals surface area contributed by atoms with Crippen LogP contribution in [0.25, 0.3) is 78.2 Å². The molecule has 0 saturated heterocycles. The molecule has 6 aromatic carbocycles. The van der Waals surface area contributed by atoms with E-state index in [1.54, 1.807) is 36.4 Å². The van der Waals surface area contributed by atoms with Gasteiger partial charge in [-0.2, -0.15) is 0 Å². The molecule has 0 aliphatic rings. The number of nitrogens with zero attached hydrogens (tertiary/aromatic N) is 4. The van der Waals surface area contributed by atoms with Crippen molar-refractivity contribution in [3.8, 4) is 56.2 Å². The Labute approximate surface area is 274 Å². The van der Waals surface area contributed by atoms with Gasteiger partial charge in [0.05, 0.1) is 44.8 Å². The van der Waals surface area contributed by atoms with Gasteiger partial charge in [-0.25, -0.2) is 33.1 Å². The minimum absolute atomic E-state index is 0.314. The Morgan fingerprint density at radius 2 is 0.583 bits per heavy atom. The van der Waals surface area contributed by atoms with Crippen molar-refractivity contribution in [2.75, 3.05) is 0 Å². The Kier molecular flexibility index (Phi) is 7.22. The number of hydrogen-bond acceptors (Lipinski definition) is 4. The van der Waals surface area contributed by atoms with E-state index in [9.17, 15) is 13.2 Å². The molecule has 0 radical (unpaired) electrons. The number of halogens is 3. The van der Waals surface area contributed by atoms with Crippen LogP contribution < -0.4 is 0 Å². The summed E-state index contributed by atoms with van der Waals surface area (Å²) in [6.07, 6.45) is 0. The summed E-state index contributed by atoms with van der Waals surface area (Å²) in [5, 5.41) is 0. The van der Waals surface area contributed by atoms with Crippen molar-refractivity contribution in [3.63, 3.8) is 0 Å². The van der Waals surface area contributed by atoms with Gasteiger partial charge < -0.3 is 0 Å². The first-order valence-electron chi connectivity index (χ1n) is 15.4. The molecule has 4 nitrogen and oxygen atoms in total. The summed E-state index contributed by atoms with van der Waals surface area (Å²) >= 11 is 0. The van der Waals surface area contributed by atoms with Crippen molar-refractivity contribution in [2.24, 2.45) is 0 Å². The highest BCUT2D eigenvalue weighted by molar-refractivity contribution is 5.92. The maximum Gasteiger partial charge on any atom is 0.123 e. The molecule has 0 unspecified atom stereocenters. The van der Waals surface area contributed by atoms with Crippen molar-refractivity contribution < 1.29 is 13.2 Å². The molecule has 8 aromatic rings. The largest absolute Gasteiger partial charge is 0.244 e. The summed E-state index contributed by atoms with van der Waals surface area (Å²) in [4.78, 5) is 20.0. The second kappa shape index (κ2) is 11.9. The predicted octanol–water partition coefficient (Wildman–Crippen LogP) is 10.6. The predicted molar refractivity (Wildman–Crippen MR) is 184 cm³/mol. The number of fused-ring (bicyclic) bond motifs is 2. The second-order valence-corrected chi connectivity index (χ2v) is 11.6. The van der Waals surface area contributed by atoms with Crippen LogP contribution in [0.2, 0.25) is 0 Å². The van der Waals surface area contributed by atoms with Gasteiger partial charge >= 0.3 is 0 Å². The standard InChI is InChI=1S/C41H25F3N4/c1-24-2-4-25(5-3-24)40-38(26-6-14-31(42)15-7-26)45-34-20-12-29(22-36(34)47-40)30-13-21-35-37(23-30)48-41(28-10-18-33(44)19-11-28)39(46-35)27-8-16-32(43)17-9-27/h2-23H,1H3. The highest BCUT2D eigenvalue weighted by atomic mass is 19.1. The Bertz CT molecular complexity index is 2280. The average molecular weight is 631 g/mol. The topological polar surface area (TPSA) is 51.6 Å².